The molecule has 0 spiro atoms. The van der Waals surface area contributed by atoms with Crippen molar-refractivity contribution >= 4 is 22.6 Å². The smallest absolute Gasteiger partial charge is 0.305 e. The van der Waals surface area contributed by atoms with Gasteiger partial charge in [-0.2, -0.15) is 4.37 Å². The molecular formula is C11H19N3O2S. The van der Waals surface area contributed by atoms with E-state index in [-0.39, 0.29) is 12.5 Å². The molecule has 0 radical (unpaired) electrons. The minimum Gasteiger partial charge on any atom is -0.481 e. The van der Waals surface area contributed by atoms with Crippen molar-refractivity contribution in [2.75, 3.05) is 5.32 Å². The number of nitrogens with one attached hydrogen (secondary N) is 1. The number of carboxylic acid groups (broad SMARTS) is 1. The summed E-state index contributed by atoms with van der Waals surface area (Å²) in [7, 11) is 0. The molecule has 1 heterocycles. The maximum Gasteiger partial charge on any atom is 0.305 e. The number of rotatable bonds is 7. The Hall–Kier alpha value is -1.17. The number of hydrogen-bond donors (Lipinski definition) is 2. The van der Waals surface area contributed by atoms with Crippen molar-refractivity contribution in [2.24, 2.45) is 0 Å². The maximum atomic E-state index is 10.7. The summed E-state index contributed by atoms with van der Waals surface area (Å²) in [5, 5.41) is 12.7. The van der Waals surface area contributed by atoms with E-state index in [1.165, 1.54) is 11.5 Å². The fraction of sp³-hybridized carbons (Fsp3) is 0.727. The Kier molecular flexibility index (Phi) is 5.34. The summed E-state index contributed by atoms with van der Waals surface area (Å²) in [4.78, 5) is 15.1. The fourth-order valence-corrected chi connectivity index (χ4v) is 2.27. The van der Waals surface area contributed by atoms with Crippen molar-refractivity contribution in [1.29, 1.82) is 0 Å². The lowest BCUT2D eigenvalue weighted by molar-refractivity contribution is -0.137. The molecule has 0 saturated carbocycles. The lowest BCUT2D eigenvalue weighted by Gasteiger charge is -2.14. The molecule has 5 nitrogen and oxygen atoms in total. The number of carbonyl (C=O) groups is 1. The summed E-state index contributed by atoms with van der Waals surface area (Å²) >= 11 is 1.29. The third-order valence-electron chi connectivity index (χ3n) is 2.34. The van der Waals surface area contributed by atoms with Gasteiger partial charge in [0.05, 0.1) is 6.42 Å². The van der Waals surface area contributed by atoms with Crippen LogP contribution in [-0.2, 0) is 4.79 Å². The normalized spacial score (nSPS) is 12.7. The summed E-state index contributed by atoms with van der Waals surface area (Å²) < 4.78 is 4.23. The number of aromatic nitrogens is 2. The van der Waals surface area contributed by atoms with Crippen LogP contribution in [-0.4, -0.2) is 26.5 Å². The summed E-state index contributed by atoms with van der Waals surface area (Å²) in [5.74, 6) is 0.318. The van der Waals surface area contributed by atoms with E-state index in [2.05, 4.69) is 14.7 Å². The monoisotopic (exact) mass is 257 g/mol. The first kappa shape index (κ1) is 13.9. The zero-order chi connectivity index (χ0) is 12.8. The molecule has 2 N–H and O–H groups in total. The molecule has 1 unspecified atom stereocenters. The average molecular weight is 257 g/mol. The van der Waals surface area contributed by atoms with E-state index in [0.717, 1.165) is 18.7 Å². The van der Waals surface area contributed by atoms with E-state index in [9.17, 15) is 4.79 Å². The van der Waals surface area contributed by atoms with Crippen LogP contribution < -0.4 is 5.32 Å². The number of anilines is 1. The summed E-state index contributed by atoms with van der Waals surface area (Å²) in [6.07, 6.45) is 1.88. The molecule has 1 atom stereocenters. The van der Waals surface area contributed by atoms with Crippen molar-refractivity contribution in [3.63, 3.8) is 0 Å². The average Bonchev–Trinajstić information content (AvgIpc) is 2.65. The molecule has 0 aromatic carbocycles. The van der Waals surface area contributed by atoms with E-state index in [1.807, 2.05) is 20.8 Å². The minimum absolute atomic E-state index is 0.0644. The molecule has 0 amide bonds. The first-order valence-corrected chi connectivity index (χ1v) is 6.62. The Morgan fingerprint density at radius 3 is 2.71 bits per heavy atom. The molecule has 0 aliphatic heterocycles. The van der Waals surface area contributed by atoms with Crippen LogP contribution in [0.15, 0.2) is 0 Å². The highest BCUT2D eigenvalue weighted by Crippen LogP contribution is 2.19. The second kappa shape index (κ2) is 6.54. The topological polar surface area (TPSA) is 75.1 Å². The molecule has 0 saturated heterocycles. The Bertz CT molecular complexity index is 365. The van der Waals surface area contributed by atoms with Crippen LogP contribution in [0.25, 0.3) is 0 Å². The van der Waals surface area contributed by atoms with Gasteiger partial charge in [0.2, 0.25) is 5.13 Å². The molecule has 0 aliphatic carbocycles. The van der Waals surface area contributed by atoms with Crippen LogP contribution >= 0.6 is 11.5 Å². The van der Waals surface area contributed by atoms with Crippen molar-refractivity contribution in [2.45, 2.75) is 52.0 Å². The first-order chi connectivity index (χ1) is 8.02. The van der Waals surface area contributed by atoms with E-state index in [1.54, 1.807) is 0 Å². The zero-order valence-corrected chi connectivity index (χ0v) is 11.3. The zero-order valence-electron chi connectivity index (χ0n) is 10.4. The predicted octanol–water partition coefficient (Wildman–Crippen LogP) is 2.72. The largest absolute Gasteiger partial charge is 0.481 e. The molecule has 1 aromatic rings. The van der Waals surface area contributed by atoms with Crippen molar-refractivity contribution in [3.05, 3.63) is 5.82 Å². The van der Waals surface area contributed by atoms with Gasteiger partial charge in [-0.05, 0) is 6.42 Å². The SMILES string of the molecule is CCCC(CC(=O)O)Nc1nc(C(C)C)ns1. The Morgan fingerprint density at radius 1 is 1.53 bits per heavy atom. The Balaban J connectivity index is 2.61. The standard InChI is InChI=1S/C11H19N3O2S/c1-4-5-8(6-9(15)16)12-11-13-10(7(2)3)14-17-11/h7-8H,4-6H2,1-3H3,(H,15,16)(H,12,13,14). The molecule has 1 rings (SSSR count). The van der Waals surface area contributed by atoms with Gasteiger partial charge in [-0.25, -0.2) is 4.98 Å². The van der Waals surface area contributed by atoms with Crippen LogP contribution in [0.1, 0.15) is 51.8 Å². The summed E-state index contributed by atoms with van der Waals surface area (Å²) in [6.45, 7) is 6.11. The van der Waals surface area contributed by atoms with Gasteiger partial charge in [0, 0.05) is 23.5 Å². The van der Waals surface area contributed by atoms with Crippen LogP contribution in [0.5, 0.6) is 0 Å². The van der Waals surface area contributed by atoms with E-state index in [4.69, 9.17) is 5.11 Å². The molecule has 1 aromatic heterocycles. The van der Waals surface area contributed by atoms with Gasteiger partial charge >= 0.3 is 5.97 Å². The van der Waals surface area contributed by atoms with Crippen molar-refractivity contribution < 1.29 is 9.90 Å². The highest BCUT2D eigenvalue weighted by molar-refractivity contribution is 7.09. The molecule has 0 bridgehead atoms. The minimum atomic E-state index is -0.787. The van der Waals surface area contributed by atoms with Gasteiger partial charge in [-0.3, -0.25) is 4.79 Å². The highest BCUT2D eigenvalue weighted by atomic mass is 32.1. The van der Waals surface area contributed by atoms with Gasteiger partial charge in [0.25, 0.3) is 0 Å². The quantitative estimate of drug-likeness (QED) is 0.785. The second-order valence-electron chi connectivity index (χ2n) is 4.34. The van der Waals surface area contributed by atoms with Crippen molar-refractivity contribution in [1.82, 2.24) is 9.36 Å². The van der Waals surface area contributed by atoms with Gasteiger partial charge < -0.3 is 10.4 Å². The summed E-state index contributed by atoms with van der Waals surface area (Å²) in [6, 6.07) is -0.0644. The van der Waals surface area contributed by atoms with Gasteiger partial charge in [0.1, 0.15) is 5.82 Å². The number of carboxylic acids is 1. The molecule has 6 heteroatoms. The number of hydrogen-bond acceptors (Lipinski definition) is 5. The van der Waals surface area contributed by atoms with Gasteiger partial charge in [0.15, 0.2) is 0 Å². The van der Waals surface area contributed by atoms with E-state index in [0.29, 0.717) is 11.0 Å². The van der Waals surface area contributed by atoms with E-state index >= 15 is 0 Å². The van der Waals surface area contributed by atoms with Crippen LogP contribution in [0.4, 0.5) is 5.13 Å². The molecule has 0 aliphatic rings. The Labute approximate surface area is 105 Å². The lowest BCUT2D eigenvalue weighted by atomic mass is 10.1. The van der Waals surface area contributed by atoms with Gasteiger partial charge in [-0.15, -0.1) is 0 Å². The third kappa shape index (κ3) is 4.68. The molecule has 17 heavy (non-hydrogen) atoms. The number of nitrogens with zero attached hydrogens (tertiary/aromatic N) is 2. The van der Waals surface area contributed by atoms with E-state index < -0.39 is 5.97 Å². The maximum absolute atomic E-state index is 10.7. The lowest BCUT2D eigenvalue weighted by Crippen LogP contribution is -2.22. The van der Waals surface area contributed by atoms with Crippen LogP contribution in [0, 0.1) is 0 Å². The molecular weight excluding hydrogens is 238 g/mol. The molecule has 96 valence electrons. The number of aliphatic carboxylic acids is 1. The fourth-order valence-electron chi connectivity index (χ4n) is 1.49. The predicted molar refractivity (Wildman–Crippen MR) is 68.6 cm³/mol. The molecule has 0 fully saturated rings. The Morgan fingerprint density at radius 2 is 2.24 bits per heavy atom. The first-order valence-electron chi connectivity index (χ1n) is 5.84. The van der Waals surface area contributed by atoms with Crippen LogP contribution in [0.3, 0.4) is 0 Å². The third-order valence-corrected chi connectivity index (χ3v) is 3.00. The van der Waals surface area contributed by atoms with Gasteiger partial charge in [-0.1, -0.05) is 27.2 Å². The van der Waals surface area contributed by atoms with Crippen molar-refractivity contribution in [3.8, 4) is 0 Å². The van der Waals surface area contributed by atoms with Crippen LogP contribution in [0.2, 0.25) is 0 Å². The highest BCUT2D eigenvalue weighted by Gasteiger charge is 2.15. The second-order valence-corrected chi connectivity index (χ2v) is 5.09. The summed E-state index contributed by atoms with van der Waals surface area (Å²) in [5.41, 5.74) is 0.